The van der Waals surface area contributed by atoms with Gasteiger partial charge in [0.15, 0.2) is 5.13 Å². The number of hydrogen-bond donors (Lipinski definition) is 1. The molecule has 0 aromatic carbocycles. The maximum absolute atomic E-state index is 4.43. The van der Waals surface area contributed by atoms with Gasteiger partial charge in [0.1, 0.15) is 5.52 Å². The minimum absolute atomic E-state index is 0.857. The molecule has 0 amide bonds. The van der Waals surface area contributed by atoms with Crippen LogP contribution in [0.4, 0.5) is 10.8 Å². The van der Waals surface area contributed by atoms with Crippen molar-refractivity contribution < 1.29 is 0 Å². The van der Waals surface area contributed by atoms with E-state index in [1.54, 1.807) is 36.1 Å². The lowest BCUT2D eigenvalue weighted by Gasteiger charge is -1.99. The second-order valence-electron chi connectivity index (χ2n) is 3.23. The Hall–Kier alpha value is -2.01. The predicted octanol–water partition coefficient (Wildman–Crippen LogP) is 2.83. The molecule has 0 saturated carbocycles. The van der Waals surface area contributed by atoms with Crippen molar-refractivity contribution in [1.29, 1.82) is 0 Å². The van der Waals surface area contributed by atoms with Crippen LogP contribution in [0.3, 0.4) is 0 Å². The van der Waals surface area contributed by atoms with E-state index in [1.165, 1.54) is 0 Å². The maximum Gasteiger partial charge on any atom is 0.188 e. The highest BCUT2D eigenvalue weighted by Crippen LogP contribution is 2.26. The van der Waals surface area contributed by atoms with Crippen LogP contribution in [0.5, 0.6) is 0 Å². The molecule has 0 aliphatic rings. The van der Waals surface area contributed by atoms with Crippen LogP contribution >= 0.6 is 11.3 Å². The van der Waals surface area contributed by atoms with E-state index in [9.17, 15) is 0 Å². The average Bonchev–Trinajstić information content (AvgIpc) is 2.72. The lowest BCUT2D eigenvalue weighted by Crippen LogP contribution is -1.88. The van der Waals surface area contributed by atoms with Crippen LogP contribution in [0.1, 0.15) is 0 Å². The van der Waals surface area contributed by atoms with Gasteiger partial charge >= 0.3 is 0 Å². The summed E-state index contributed by atoms with van der Waals surface area (Å²) in [4.78, 5) is 12.5. The first-order valence-electron chi connectivity index (χ1n) is 4.79. The largest absolute Gasteiger partial charge is 0.330 e. The summed E-state index contributed by atoms with van der Waals surface area (Å²) < 4.78 is 1.13. The number of fused-ring (bicyclic) bond motifs is 1. The molecule has 3 heterocycles. The zero-order chi connectivity index (χ0) is 10.8. The van der Waals surface area contributed by atoms with Gasteiger partial charge in [0.25, 0.3) is 0 Å². The van der Waals surface area contributed by atoms with Gasteiger partial charge in [0.05, 0.1) is 22.8 Å². The van der Waals surface area contributed by atoms with Crippen molar-refractivity contribution in [2.75, 3.05) is 5.32 Å². The Morgan fingerprint density at radius 1 is 1.06 bits per heavy atom. The van der Waals surface area contributed by atoms with Crippen LogP contribution < -0.4 is 5.32 Å². The Morgan fingerprint density at radius 2 is 2.00 bits per heavy atom. The third-order valence-corrected chi connectivity index (χ3v) is 3.05. The zero-order valence-corrected chi connectivity index (χ0v) is 9.11. The molecule has 78 valence electrons. The Labute approximate surface area is 96.0 Å². The van der Waals surface area contributed by atoms with Gasteiger partial charge in [-0.15, -0.1) is 0 Å². The molecular formula is C11H8N4S. The normalized spacial score (nSPS) is 10.5. The standard InChI is InChI=1S/C11H8N4S/c1-2-8(6-12-4-1)14-11-15-9-7-13-5-3-10(9)16-11/h1-7H,(H,14,15). The fourth-order valence-electron chi connectivity index (χ4n) is 1.39. The van der Waals surface area contributed by atoms with Crippen molar-refractivity contribution in [3.8, 4) is 0 Å². The number of pyridine rings is 2. The molecule has 4 nitrogen and oxygen atoms in total. The Bertz CT molecular complexity index is 572. The summed E-state index contributed by atoms with van der Waals surface area (Å²) >= 11 is 1.60. The first-order valence-corrected chi connectivity index (χ1v) is 5.61. The molecule has 0 atom stereocenters. The molecule has 0 spiro atoms. The minimum atomic E-state index is 0.857. The van der Waals surface area contributed by atoms with Crippen LogP contribution in [0.2, 0.25) is 0 Å². The highest BCUT2D eigenvalue weighted by atomic mass is 32.1. The van der Waals surface area contributed by atoms with Crippen LogP contribution in [0.15, 0.2) is 43.0 Å². The second-order valence-corrected chi connectivity index (χ2v) is 4.26. The van der Waals surface area contributed by atoms with Gasteiger partial charge in [0.2, 0.25) is 0 Å². The Kier molecular flexibility index (Phi) is 2.23. The van der Waals surface area contributed by atoms with Crippen molar-refractivity contribution >= 4 is 32.4 Å². The topological polar surface area (TPSA) is 50.7 Å². The van der Waals surface area contributed by atoms with E-state index in [-0.39, 0.29) is 0 Å². The maximum atomic E-state index is 4.43. The van der Waals surface area contributed by atoms with E-state index in [0.717, 1.165) is 21.0 Å². The number of aromatic nitrogens is 3. The molecule has 0 bridgehead atoms. The lowest BCUT2D eigenvalue weighted by molar-refractivity contribution is 1.31. The summed E-state index contributed by atoms with van der Waals surface area (Å²) in [5, 5.41) is 4.07. The number of hydrogen-bond acceptors (Lipinski definition) is 5. The summed E-state index contributed by atoms with van der Waals surface area (Å²) in [6.07, 6.45) is 7.05. The van der Waals surface area contributed by atoms with Gasteiger partial charge in [-0.1, -0.05) is 11.3 Å². The highest BCUT2D eigenvalue weighted by Gasteiger charge is 2.02. The van der Waals surface area contributed by atoms with Gasteiger partial charge < -0.3 is 5.32 Å². The van der Waals surface area contributed by atoms with Gasteiger partial charge in [-0.2, -0.15) is 0 Å². The van der Waals surface area contributed by atoms with Gasteiger partial charge in [-0.3, -0.25) is 9.97 Å². The summed E-state index contributed by atoms with van der Waals surface area (Å²) in [6.45, 7) is 0. The van der Waals surface area contributed by atoms with Crippen LogP contribution in [0, 0.1) is 0 Å². The number of nitrogens with zero attached hydrogens (tertiary/aromatic N) is 3. The molecule has 1 N–H and O–H groups in total. The van der Waals surface area contributed by atoms with E-state index in [0.29, 0.717) is 0 Å². The Morgan fingerprint density at radius 3 is 2.81 bits per heavy atom. The van der Waals surface area contributed by atoms with Crippen LogP contribution in [0.25, 0.3) is 10.2 Å². The third kappa shape index (κ3) is 1.72. The zero-order valence-electron chi connectivity index (χ0n) is 8.29. The molecule has 0 aliphatic heterocycles. The predicted molar refractivity (Wildman–Crippen MR) is 64.9 cm³/mol. The number of nitrogens with one attached hydrogen (secondary N) is 1. The molecule has 0 saturated heterocycles. The summed E-state index contributed by atoms with van der Waals surface area (Å²) in [5.41, 5.74) is 1.86. The van der Waals surface area contributed by atoms with Gasteiger partial charge in [-0.25, -0.2) is 4.98 Å². The molecule has 0 fully saturated rings. The molecular weight excluding hydrogens is 220 g/mol. The highest BCUT2D eigenvalue weighted by molar-refractivity contribution is 7.22. The Balaban J connectivity index is 1.95. The first kappa shape index (κ1) is 9.23. The monoisotopic (exact) mass is 228 g/mol. The van der Waals surface area contributed by atoms with Gasteiger partial charge in [0, 0.05) is 12.4 Å². The van der Waals surface area contributed by atoms with Crippen molar-refractivity contribution in [3.05, 3.63) is 43.0 Å². The molecule has 3 aromatic rings. The third-order valence-electron chi connectivity index (χ3n) is 2.10. The van der Waals surface area contributed by atoms with E-state index in [1.807, 2.05) is 18.2 Å². The van der Waals surface area contributed by atoms with E-state index in [2.05, 4.69) is 20.3 Å². The smallest absolute Gasteiger partial charge is 0.188 e. The number of rotatable bonds is 2. The van der Waals surface area contributed by atoms with Crippen LogP contribution in [-0.2, 0) is 0 Å². The average molecular weight is 228 g/mol. The van der Waals surface area contributed by atoms with E-state index in [4.69, 9.17) is 0 Å². The fourth-order valence-corrected chi connectivity index (χ4v) is 2.25. The number of anilines is 2. The SMILES string of the molecule is c1cncc(Nc2nc3cnccc3s2)c1. The molecule has 16 heavy (non-hydrogen) atoms. The van der Waals surface area contributed by atoms with Crippen molar-refractivity contribution in [3.63, 3.8) is 0 Å². The molecule has 0 aliphatic carbocycles. The fraction of sp³-hybridized carbons (Fsp3) is 0. The molecule has 3 aromatic heterocycles. The molecule has 0 radical (unpaired) electrons. The van der Waals surface area contributed by atoms with Crippen LogP contribution in [-0.4, -0.2) is 15.0 Å². The van der Waals surface area contributed by atoms with Crippen molar-refractivity contribution in [2.24, 2.45) is 0 Å². The van der Waals surface area contributed by atoms with E-state index < -0.39 is 0 Å². The second kappa shape index (κ2) is 3.86. The summed E-state index contributed by atoms with van der Waals surface area (Å²) in [5.74, 6) is 0. The lowest BCUT2D eigenvalue weighted by atomic mass is 10.4. The van der Waals surface area contributed by atoms with Crippen molar-refractivity contribution in [1.82, 2.24) is 15.0 Å². The molecule has 3 rings (SSSR count). The molecule has 0 unspecified atom stereocenters. The van der Waals surface area contributed by atoms with E-state index >= 15 is 0 Å². The summed E-state index contributed by atoms with van der Waals surface area (Å²) in [6, 6.07) is 5.80. The van der Waals surface area contributed by atoms with Crippen molar-refractivity contribution in [2.45, 2.75) is 0 Å². The number of thiazole rings is 1. The first-order chi connectivity index (χ1) is 7.92. The minimum Gasteiger partial charge on any atom is -0.330 e. The molecule has 5 heteroatoms. The summed E-state index contributed by atoms with van der Waals surface area (Å²) in [7, 11) is 0. The quantitative estimate of drug-likeness (QED) is 0.732. The van der Waals surface area contributed by atoms with Gasteiger partial charge in [-0.05, 0) is 18.2 Å².